The van der Waals surface area contributed by atoms with Crippen LogP contribution in [-0.4, -0.2) is 25.0 Å². The molecule has 0 unspecified atom stereocenters. The minimum atomic E-state index is -0.0154. The predicted octanol–water partition coefficient (Wildman–Crippen LogP) is 3.13. The van der Waals surface area contributed by atoms with Gasteiger partial charge in [0.1, 0.15) is 5.75 Å². The summed E-state index contributed by atoms with van der Waals surface area (Å²) in [6, 6.07) is 19.2. The summed E-state index contributed by atoms with van der Waals surface area (Å²) in [5.74, 6) is 1.52. The lowest BCUT2D eigenvalue weighted by atomic mass is 10.1. The molecule has 1 aliphatic rings. The number of para-hydroxylation sites is 2. The number of guanidine groups is 1. The maximum absolute atomic E-state index is 12.1. The fraction of sp³-hybridized carbons (Fsp3) is 0.174. The zero-order valence-electron chi connectivity index (χ0n) is 16.7. The first-order valence-electron chi connectivity index (χ1n) is 9.79. The molecule has 30 heavy (non-hydrogen) atoms. The number of rotatable bonds is 6. The quantitative estimate of drug-likeness (QED) is 0.435. The van der Waals surface area contributed by atoms with E-state index in [4.69, 9.17) is 10.5 Å². The van der Waals surface area contributed by atoms with Gasteiger partial charge >= 0.3 is 11.8 Å². The number of amides is 1. The van der Waals surface area contributed by atoms with Gasteiger partial charge in [-0.1, -0.05) is 24.3 Å². The Labute approximate surface area is 175 Å². The standard InChI is InChI=1S/C23H23N5O2/c1-30-20-5-3-2-4-19(20)27-23(24)28-21-13-10-17(14-25-21)15-6-8-16(9-7-15)22(29)26-18-11-12-18/h2-10,13-14,18H,11-12H2,1H3,(H,26,29)(H3,24,25,27,28)/p+1. The van der Waals surface area contributed by atoms with Gasteiger partial charge in [0.05, 0.1) is 19.0 Å². The third-order valence-corrected chi connectivity index (χ3v) is 4.80. The summed E-state index contributed by atoms with van der Waals surface area (Å²) in [5.41, 5.74) is 9.42. The maximum Gasteiger partial charge on any atom is 0.325 e. The molecule has 0 bridgehead atoms. The van der Waals surface area contributed by atoms with Gasteiger partial charge < -0.3 is 21.1 Å². The molecule has 2 aromatic carbocycles. The molecule has 1 aliphatic carbocycles. The number of nitrogens with zero attached hydrogens (tertiary/aromatic N) is 1. The number of aromatic nitrogens is 1. The van der Waals surface area contributed by atoms with Crippen molar-refractivity contribution in [3.8, 4) is 16.9 Å². The van der Waals surface area contributed by atoms with Gasteiger partial charge in [-0.2, -0.15) is 0 Å². The highest BCUT2D eigenvalue weighted by Crippen LogP contribution is 2.24. The number of methoxy groups -OCH3 is 1. The van der Waals surface area contributed by atoms with Crippen LogP contribution in [0.1, 0.15) is 23.2 Å². The van der Waals surface area contributed by atoms with Crippen LogP contribution in [0, 0.1) is 0 Å². The number of nitrogens with two attached hydrogens (primary N) is 1. The van der Waals surface area contributed by atoms with Gasteiger partial charge in [-0.3, -0.25) is 4.79 Å². The molecule has 7 nitrogen and oxygen atoms in total. The Hall–Kier alpha value is -3.87. The average Bonchev–Trinajstić information content (AvgIpc) is 3.59. The van der Waals surface area contributed by atoms with Crippen LogP contribution in [0.15, 0.2) is 71.9 Å². The fourth-order valence-corrected chi connectivity index (χ4v) is 3.02. The smallest absolute Gasteiger partial charge is 0.325 e. The summed E-state index contributed by atoms with van der Waals surface area (Å²) in [5, 5.41) is 6.03. The van der Waals surface area contributed by atoms with Crippen LogP contribution in [-0.2, 0) is 0 Å². The highest BCUT2D eigenvalue weighted by Gasteiger charge is 2.23. The number of benzene rings is 2. The number of hydrogen-bond acceptors (Lipinski definition) is 3. The normalized spacial score (nSPS) is 13.6. The molecular formula is C23H24N5O2+. The molecule has 0 saturated heterocycles. The van der Waals surface area contributed by atoms with E-state index in [-0.39, 0.29) is 11.9 Å². The first kappa shape index (κ1) is 19.4. The Bertz CT molecular complexity index is 1060. The topological polar surface area (TPSA) is 103 Å². The van der Waals surface area contributed by atoms with E-state index in [0.717, 1.165) is 29.7 Å². The molecule has 1 fully saturated rings. The van der Waals surface area contributed by atoms with E-state index >= 15 is 0 Å². The van der Waals surface area contributed by atoms with Gasteiger partial charge in [0.25, 0.3) is 5.91 Å². The zero-order valence-corrected chi connectivity index (χ0v) is 16.7. The second-order valence-electron chi connectivity index (χ2n) is 7.11. The van der Waals surface area contributed by atoms with E-state index < -0.39 is 0 Å². The molecule has 1 aromatic heterocycles. The Morgan fingerprint density at radius 1 is 1.07 bits per heavy atom. The van der Waals surface area contributed by atoms with Crippen molar-refractivity contribution in [3.05, 3.63) is 72.4 Å². The SMILES string of the molecule is COc1ccccc1NC(N)=Nc1ccc(-c2ccc(C(=O)NC3CC3)cc2)c[nH+]1. The van der Waals surface area contributed by atoms with Crippen LogP contribution < -0.4 is 26.1 Å². The Balaban J connectivity index is 1.43. The van der Waals surface area contributed by atoms with Crippen LogP contribution in [0.25, 0.3) is 11.1 Å². The highest BCUT2D eigenvalue weighted by molar-refractivity contribution is 5.95. The van der Waals surface area contributed by atoms with Gasteiger partial charge in [0, 0.05) is 23.2 Å². The van der Waals surface area contributed by atoms with Crippen molar-refractivity contribution in [2.75, 3.05) is 12.4 Å². The number of ether oxygens (including phenoxy) is 1. The maximum atomic E-state index is 12.1. The van der Waals surface area contributed by atoms with E-state index in [1.165, 1.54) is 0 Å². The number of anilines is 1. The lowest BCUT2D eigenvalue weighted by Crippen LogP contribution is -2.25. The van der Waals surface area contributed by atoms with Crippen LogP contribution in [0.5, 0.6) is 5.75 Å². The second kappa shape index (κ2) is 8.65. The molecular weight excluding hydrogens is 378 g/mol. The summed E-state index contributed by atoms with van der Waals surface area (Å²) in [7, 11) is 1.60. The Morgan fingerprint density at radius 3 is 2.47 bits per heavy atom. The van der Waals surface area contributed by atoms with Crippen LogP contribution in [0.4, 0.5) is 11.5 Å². The number of carbonyl (C=O) groups is 1. The van der Waals surface area contributed by atoms with Crippen molar-refractivity contribution in [1.82, 2.24) is 5.32 Å². The first-order chi connectivity index (χ1) is 14.6. The number of hydrogen-bond donors (Lipinski definition) is 3. The van der Waals surface area contributed by atoms with Crippen LogP contribution >= 0.6 is 0 Å². The van der Waals surface area contributed by atoms with Gasteiger partial charge in [-0.15, -0.1) is 0 Å². The third kappa shape index (κ3) is 4.75. The van der Waals surface area contributed by atoms with Gasteiger partial charge in [-0.05, 0) is 53.7 Å². The van der Waals surface area contributed by atoms with E-state index in [9.17, 15) is 4.79 Å². The van der Waals surface area contributed by atoms with Gasteiger partial charge in [-0.25, -0.2) is 4.98 Å². The van der Waals surface area contributed by atoms with Crippen molar-refractivity contribution in [1.29, 1.82) is 0 Å². The largest absolute Gasteiger partial charge is 0.495 e. The molecule has 1 amide bonds. The lowest BCUT2D eigenvalue weighted by Gasteiger charge is -2.07. The number of aromatic amines is 1. The minimum absolute atomic E-state index is 0.0154. The molecule has 1 saturated carbocycles. The van der Waals surface area contributed by atoms with E-state index in [2.05, 4.69) is 20.6 Å². The lowest BCUT2D eigenvalue weighted by molar-refractivity contribution is -0.361. The van der Waals surface area contributed by atoms with Crippen molar-refractivity contribution in [2.45, 2.75) is 18.9 Å². The summed E-state index contributed by atoms with van der Waals surface area (Å²) in [4.78, 5) is 19.6. The molecule has 0 aliphatic heterocycles. The first-order valence-corrected chi connectivity index (χ1v) is 9.79. The fourth-order valence-electron chi connectivity index (χ4n) is 3.02. The Morgan fingerprint density at radius 2 is 1.80 bits per heavy atom. The molecule has 1 heterocycles. The number of nitrogens with one attached hydrogen (secondary N) is 3. The second-order valence-corrected chi connectivity index (χ2v) is 7.11. The molecule has 0 radical (unpaired) electrons. The van der Waals surface area contributed by atoms with Crippen molar-refractivity contribution in [2.24, 2.45) is 10.7 Å². The van der Waals surface area contributed by atoms with Crippen molar-refractivity contribution in [3.63, 3.8) is 0 Å². The van der Waals surface area contributed by atoms with Gasteiger partial charge in [0.2, 0.25) is 0 Å². The van der Waals surface area contributed by atoms with Crippen molar-refractivity contribution < 1.29 is 14.5 Å². The van der Waals surface area contributed by atoms with E-state index in [0.29, 0.717) is 23.2 Å². The summed E-state index contributed by atoms with van der Waals surface area (Å²) in [6.07, 6.45) is 4.01. The average molecular weight is 402 g/mol. The highest BCUT2D eigenvalue weighted by atomic mass is 16.5. The number of pyridine rings is 1. The molecule has 3 aromatic rings. The molecule has 4 rings (SSSR count). The Kier molecular flexibility index (Phi) is 5.61. The summed E-state index contributed by atoms with van der Waals surface area (Å²) >= 11 is 0. The molecule has 0 spiro atoms. The molecule has 0 atom stereocenters. The number of carbonyl (C=O) groups excluding carboxylic acids is 1. The third-order valence-electron chi connectivity index (χ3n) is 4.80. The molecule has 5 N–H and O–H groups in total. The summed E-state index contributed by atoms with van der Waals surface area (Å²) < 4.78 is 5.30. The number of aliphatic imine (C=N–C) groups is 1. The predicted molar refractivity (Wildman–Crippen MR) is 117 cm³/mol. The van der Waals surface area contributed by atoms with Crippen molar-refractivity contribution >= 4 is 23.4 Å². The minimum Gasteiger partial charge on any atom is -0.495 e. The van der Waals surface area contributed by atoms with E-state index in [1.807, 2.05) is 66.9 Å². The number of H-pyrrole nitrogens is 1. The monoisotopic (exact) mass is 402 g/mol. The van der Waals surface area contributed by atoms with Gasteiger partial charge in [0.15, 0.2) is 0 Å². The van der Waals surface area contributed by atoms with E-state index in [1.54, 1.807) is 7.11 Å². The van der Waals surface area contributed by atoms with Crippen LogP contribution in [0.2, 0.25) is 0 Å². The molecule has 7 heteroatoms. The summed E-state index contributed by atoms with van der Waals surface area (Å²) in [6.45, 7) is 0. The zero-order chi connectivity index (χ0) is 20.9. The molecule has 152 valence electrons. The van der Waals surface area contributed by atoms with Crippen LogP contribution in [0.3, 0.4) is 0 Å².